The zero-order valence-corrected chi connectivity index (χ0v) is 12.6. The van der Waals surface area contributed by atoms with Gasteiger partial charge in [0.1, 0.15) is 11.6 Å². The first kappa shape index (κ1) is 15.7. The number of aromatic nitrogens is 1. The van der Waals surface area contributed by atoms with Crippen LogP contribution in [0.2, 0.25) is 0 Å². The maximum Gasteiger partial charge on any atom is 0.287 e. The van der Waals surface area contributed by atoms with E-state index in [1.807, 2.05) is 11.0 Å². The van der Waals surface area contributed by atoms with Gasteiger partial charge in [-0.3, -0.25) is 10.1 Å². The highest BCUT2D eigenvalue weighted by Crippen LogP contribution is 2.25. The van der Waals surface area contributed by atoms with Crippen LogP contribution >= 0.6 is 0 Å². The summed E-state index contributed by atoms with van der Waals surface area (Å²) in [7, 11) is 0. The minimum Gasteiger partial charge on any atom is -0.380 e. The van der Waals surface area contributed by atoms with Crippen molar-refractivity contribution in [1.29, 1.82) is 5.26 Å². The van der Waals surface area contributed by atoms with E-state index in [0.29, 0.717) is 24.6 Å². The summed E-state index contributed by atoms with van der Waals surface area (Å²) < 4.78 is 13.8. The lowest BCUT2D eigenvalue weighted by atomic mass is 10.1. The van der Waals surface area contributed by atoms with E-state index < -0.39 is 4.92 Å². The van der Waals surface area contributed by atoms with Gasteiger partial charge in [0.15, 0.2) is 11.6 Å². The van der Waals surface area contributed by atoms with Crippen LogP contribution in [-0.2, 0) is 0 Å². The maximum atomic E-state index is 13.8. The minimum absolute atomic E-state index is 0.00984. The van der Waals surface area contributed by atoms with E-state index in [0.717, 1.165) is 6.42 Å². The van der Waals surface area contributed by atoms with Crippen LogP contribution in [0.3, 0.4) is 0 Å². The van der Waals surface area contributed by atoms with Crippen LogP contribution in [0.25, 0.3) is 0 Å². The van der Waals surface area contributed by atoms with Gasteiger partial charge >= 0.3 is 0 Å². The van der Waals surface area contributed by atoms with Crippen LogP contribution in [0.4, 0.5) is 21.6 Å². The number of hydrogen-bond donors (Lipinski definition) is 1. The Balaban J connectivity index is 1.71. The predicted molar refractivity (Wildman–Crippen MR) is 86.2 cm³/mol. The summed E-state index contributed by atoms with van der Waals surface area (Å²) in [4.78, 5) is 16.2. The van der Waals surface area contributed by atoms with Gasteiger partial charge < -0.3 is 10.2 Å². The first-order valence-corrected chi connectivity index (χ1v) is 7.39. The van der Waals surface area contributed by atoms with Gasteiger partial charge in [0, 0.05) is 37.1 Å². The Morgan fingerprint density at radius 2 is 2.29 bits per heavy atom. The molecular weight excluding hydrogens is 313 g/mol. The summed E-state index contributed by atoms with van der Waals surface area (Å²) in [6.45, 7) is 1.22. The van der Waals surface area contributed by atoms with Crippen molar-refractivity contribution in [3.8, 4) is 6.07 Å². The molecule has 8 heteroatoms. The molecule has 0 unspecified atom stereocenters. The third-order valence-electron chi connectivity index (χ3n) is 3.91. The van der Waals surface area contributed by atoms with E-state index in [9.17, 15) is 14.5 Å². The van der Waals surface area contributed by atoms with Gasteiger partial charge in [0.05, 0.1) is 4.92 Å². The highest BCUT2D eigenvalue weighted by molar-refractivity contribution is 5.59. The van der Waals surface area contributed by atoms with Crippen molar-refractivity contribution in [3.05, 3.63) is 58.0 Å². The monoisotopic (exact) mass is 327 g/mol. The first-order chi connectivity index (χ1) is 11.6. The lowest BCUT2D eigenvalue weighted by Gasteiger charge is -2.18. The van der Waals surface area contributed by atoms with E-state index >= 15 is 0 Å². The molecule has 1 aliphatic rings. The topological polar surface area (TPSA) is 95.1 Å². The second kappa shape index (κ2) is 6.50. The van der Waals surface area contributed by atoms with E-state index in [1.165, 1.54) is 18.2 Å². The summed E-state index contributed by atoms with van der Waals surface area (Å²) >= 11 is 0. The Kier molecular flexibility index (Phi) is 4.24. The molecule has 0 radical (unpaired) electrons. The molecule has 0 amide bonds. The highest BCUT2D eigenvalue weighted by atomic mass is 19.1. The molecule has 122 valence electrons. The van der Waals surface area contributed by atoms with Crippen LogP contribution in [0.15, 0.2) is 36.5 Å². The summed E-state index contributed by atoms with van der Waals surface area (Å²) in [5.41, 5.74) is 0.424. The van der Waals surface area contributed by atoms with E-state index in [2.05, 4.69) is 10.3 Å². The van der Waals surface area contributed by atoms with E-state index in [-0.39, 0.29) is 23.1 Å². The van der Waals surface area contributed by atoms with Crippen LogP contribution in [0.1, 0.15) is 12.0 Å². The van der Waals surface area contributed by atoms with Crippen LogP contribution in [0, 0.1) is 27.3 Å². The van der Waals surface area contributed by atoms with Crippen LogP contribution < -0.4 is 10.2 Å². The Morgan fingerprint density at radius 3 is 3.00 bits per heavy atom. The summed E-state index contributed by atoms with van der Waals surface area (Å²) in [6.07, 6.45) is 2.32. The number of nitrogens with zero attached hydrogens (tertiary/aromatic N) is 4. The molecule has 3 rings (SSSR count). The molecule has 2 heterocycles. The van der Waals surface area contributed by atoms with E-state index in [1.54, 1.807) is 18.3 Å². The van der Waals surface area contributed by atoms with Gasteiger partial charge in [0.25, 0.3) is 5.69 Å². The summed E-state index contributed by atoms with van der Waals surface area (Å²) in [5, 5.41) is 23.1. The zero-order chi connectivity index (χ0) is 17.1. The molecule has 1 fully saturated rings. The van der Waals surface area contributed by atoms with Crippen molar-refractivity contribution >= 4 is 17.2 Å². The molecule has 24 heavy (non-hydrogen) atoms. The molecule has 7 nitrogen and oxygen atoms in total. The van der Waals surface area contributed by atoms with Gasteiger partial charge in [-0.1, -0.05) is 0 Å². The second-order valence-electron chi connectivity index (χ2n) is 5.49. The number of nitrogens with one attached hydrogen (secondary N) is 1. The fourth-order valence-corrected chi connectivity index (χ4v) is 2.79. The lowest BCUT2D eigenvalue weighted by molar-refractivity contribution is -0.385. The molecule has 1 aliphatic heterocycles. The molecule has 0 aliphatic carbocycles. The van der Waals surface area contributed by atoms with Gasteiger partial charge in [-0.25, -0.2) is 9.37 Å². The standard InChI is InChI=1S/C16H14FN5O2/c17-14-2-1-6-19-16(14)21-7-5-13(10-21)20-12-3-4-15(22(23)24)11(8-12)9-18/h1-4,6,8,13,20H,5,7,10H2/t13-/m0/s1. The minimum atomic E-state index is -0.580. The quantitative estimate of drug-likeness (QED) is 0.685. The number of nitro groups is 1. The van der Waals surface area contributed by atoms with Crippen molar-refractivity contribution in [2.45, 2.75) is 12.5 Å². The molecule has 1 aromatic heterocycles. The van der Waals surface area contributed by atoms with Gasteiger partial charge in [-0.15, -0.1) is 0 Å². The number of anilines is 2. The fraction of sp³-hybridized carbons (Fsp3) is 0.250. The summed E-state index contributed by atoms with van der Waals surface area (Å²) in [6, 6.07) is 9.14. The highest BCUT2D eigenvalue weighted by Gasteiger charge is 2.25. The molecule has 1 atom stereocenters. The number of hydrogen-bond acceptors (Lipinski definition) is 6. The zero-order valence-electron chi connectivity index (χ0n) is 12.6. The molecule has 1 aromatic carbocycles. The van der Waals surface area contributed by atoms with Gasteiger partial charge in [-0.2, -0.15) is 5.26 Å². The number of nitriles is 1. The fourth-order valence-electron chi connectivity index (χ4n) is 2.79. The Labute approximate surface area is 137 Å². The number of pyridine rings is 1. The molecule has 1 saturated heterocycles. The van der Waals surface area contributed by atoms with Crippen molar-refractivity contribution in [2.75, 3.05) is 23.3 Å². The molecule has 0 bridgehead atoms. The van der Waals surface area contributed by atoms with E-state index in [4.69, 9.17) is 5.26 Å². The average molecular weight is 327 g/mol. The molecule has 0 spiro atoms. The number of nitro benzene ring substituents is 1. The molecule has 1 N–H and O–H groups in total. The van der Waals surface area contributed by atoms with Crippen LogP contribution in [0.5, 0.6) is 0 Å². The third kappa shape index (κ3) is 3.10. The Morgan fingerprint density at radius 1 is 1.46 bits per heavy atom. The van der Waals surface area contributed by atoms with Gasteiger partial charge in [-0.05, 0) is 30.7 Å². The number of halogens is 1. The normalized spacial score (nSPS) is 16.7. The Hall–Kier alpha value is -3.21. The summed E-state index contributed by atoms with van der Waals surface area (Å²) in [5.74, 6) is -0.0385. The predicted octanol–water partition coefficient (Wildman–Crippen LogP) is 2.69. The lowest BCUT2D eigenvalue weighted by Crippen LogP contribution is -2.27. The number of benzene rings is 1. The SMILES string of the molecule is N#Cc1cc(N[C@H]2CCN(c3ncccc3F)C2)ccc1[N+](=O)[O-]. The van der Waals surface area contributed by atoms with Gasteiger partial charge in [0.2, 0.25) is 0 Å². The smallest absolute Gasteiger partial charge is 0.287 e. The van der Waals surface area contributed by atoms with Crippen LogP contribution in [-0.4, -0.2) is 29.0 Å². The third-order valence-corrected chi connectivity index (χ3v) is 3.91. The first-order valence-electron chi connectivity index (χ1n) is 7.39. The van der Waals surface area contributed by atoms with Crippen molar-refractivity contribution in [3.63, 3.8) is 0 Å². The largest absolute Gasteiger partial charge is 0.380 e. The average Bonchev–Trinajstić information content (AvgIpc) is 3.03. The maximum absolute atomic E-state index is 13.8. The van der Waals surface area contributed by atoms with Crippen molar-refractivity contribution in [2.24, 2.45) is 0 Å². The second-order valence-corrected chi connectivity index (χ2v) is 5.49. The Bertz CT molecular complexity index is 820. The molecular formula is C16H14FN5O2. The number of rotatable bonds is 4. The van der Waals surface area contributed by atoms with Crippen molar-refractivity contribution in [1.82, 2.24) is 4.98 Å². The molecule has 0 saturated carbocycles. The van der Waals surface area contributed by atoms with Crippen molar-refractivity contribution < 1.29 is 9.31 Å². The molecule has 2 aromatic rings.